The Kier molecular flexibility index (Phi) is 61.5. The van der Waals surface area contributed by atoms with E-state index in [1.807, 2.05) is 21.1 Å². The van der Waals surface area contributed by atoms with Crippen molar-refractivity contribution in [3.63, 3.8) is 0 Å². The Balaban J connectivity index is 3.99. The Morgan fingerprint density at radius 2 is 0.687 bits per heavy atom. The molecule has 2 atom stereocenters. The maximum Gasteiger partial charge on any atom is 0.306 e. The molecule has 0 spiro atoms. The van der Waals surface area contributed by atoms with Crippen LogP contribution in [-0.4, -0.2) is 70.0 Å². The summed E-state index contributed by atoms with van der Waals surface area (Å²) in [5.41, 5.74) is 0. The number of carbonyl (C=O) groups is 2. The van der Waals surface area contributed by atoms with E-state index in [1.165, 1.54) is 199 Å². The molecule has 0 bridgehead atoms. The van der Waals surface area contributed by atoms with E-state index in [1.54, 1.807) is 0 Å². The summed E-state index contributed by atoms with van der Waals surface area (Å²) in [5.74, 6) is -0.818. The number of unbranched alkanes of at least 4 members (excludes halogenated alkanes) is 36. The van der Waals surface area contributed by atoms with Crippen LogP contribution in [0.25, 0.3) is 0 Å². The van der Waals surface area contributed by atoms with Gasteiger partial charge >= 0.3 is 11.9 Å². The first kappa shape index (κ1) is 80.2. The SMILES string of the molecule is CC/C=C\C/C=C\C/C=C\C/C=C\C/C=C\C/C=C\C/C=C\CCCCCCCCCCCCCCCCCCCC(=O)OC(COC(=O)CCCCCCCCCCCCCCCCCCCCCC)COP(=O)([O-])OCC[N+](C)(C)C. The van der Waals surface area contributed by atoms with Crippen molar-refractivity contribution in [1.29, 1.82) is 0 Å². The molecular formula is C73H132NO8P. The molecule has 0 saturated heterocycles. The fourth-order valence-corrected chi connectivity index (χ4v) is 10.6. The van der Waals surface area contributed by atoms with Crippen molar-refractivity contribution >= 4 is 19.8 Å². The van der Waals surface area contributed by atoms with Crippen LogP contribution in [0.1, 0.15) is 316 Å². The van der Waals surface area contributed by atoms with Crippen molar-refractivity contribution in [2.75, 3.05) is 47.5 Å². The summed E-state index contributed by atoms with van der Waals surface area (Å²) in [6, 6.07) is 0. The minimum Gasteiger partial charge on any atom is -0.756 e. The summed E-state index contributed by atoms with van der Waals surface area (Å²) in [4.78, 5) is 38.0. The number of ether oxygens (including phenoxy) is 2. The summed E-state index contributed by atoms with van der Waals surface area (Å²) in [6.07, 6.45) is 86.6. The predicted octanol–water partition coefficient (Wildman–Crippen LogP) is 21.9. The Morgan fingerprint density at radius 3 is 1.02 bits per heavy atom. The fourth-order valence-electron chi connectivity index (χ4n) is 9.88. The third kappa shape index (κ3) is 68.2. The molecule has 0 aromatic heterocycles. The number of phosphoric acid groups is 1. The Labute approximate surface area is 513 Å². The fraction of sp³-hybridized carbons (Fsp3) is 0.781. The molecule has 0 heterocycles. The lowest BCUT2D eigenvalue weighted by Gasteiger charge is -2.28. The molecule has 0 fully saturated rings. The molecule has 0 aromatic rings. The van der Waals surface area contributed by atoms with Crippen molar-refractivity contribution in [3.05, 3.63) is 85.1 Å². The Bertz CT molecular complexity index is 1680. The predicted molar refractivity (Wildman–Crippen MR) is 356 cm³/mol. The summed E-state index contributed by atoms with van der Waals surface area (Å²) in [7, 11) is 1.18. The lowest BCUT2D eigenvalue weighted by Crippen LogP contribution is -2.37. The zero-order chi connectivity index (χ0) is 60.5. The largest absolute Gasteiger partial charge is 0.756 e. The molecular weight excluding hydrogens is 1050 g/mol. The molecule has 9 nitrogen and oxygen atoms in total. The normalized spacial score (nSPS) is 13.7. The minimum absolute atomic E-state index is 0.0302. The number of nitrogens with zero attached hydrogens (tertiary/aromatic N) is 1. The number of allylic oxidation sites excluding steroid dienone is 14. The highest BCUT2D eigenvalue weighted by atomic mass is 31.2. The van der Waals surface area contributed by atoms with Gasteiger partial charge in [0.1, 0.15) is 19.8 Å². The van der Waals surface area contributed by atoms with Crippen LogP contribution in [-0.2, 0) is 32.7 Å². The molecule has 482 valence electrons. The first-order chi connectivity index (χ1) is 40.5. The van der Waals surface area contributed by atoms with Crippen LogP contribution >= 0.6 is 7.82 Å². The minimum atomic E-state index is -4.64. The van der Waals surface area contributed by atoms with Crippen molar-refractivity contribution in [1.82, 2.24) is 0 Å². The quantitative estimate of drug-likeness (QED) is 0.0195. The van der Waals surface area contributed by atoms with Crippen molar-refractivity contribution in [3.8, 4) is 0 Å². The van der Waals surface area contributed by atoms with Gasteiger partial charge in [0.25, 0.3) is 7.82 Å². The molecule has 0 N–H and O–H groups in total. The second kappa shape index (κ2) is 63.7. The highest BCUT2D eigenvalue weighted by molar-refractivity contribution is 7.45. The molecule has 0 rings (SSSR count). The van der Waals surface area contributed by atoms with Gasteiger partial charge in [-0.25, -0.2) is 0 Å². The molecule has 0 aliphatic carbocycles. The van der Waals surface area contributed by atoms with Gasteiger partial charge < -0.3 is 27.9 Å². The average molecular weight is 1180 g/mol. The van der Waals surface area contributed by atoms with E-state index in [4.69, 9.17) is 18.5 Å². The summed E-state index contributed by atoms with van der Waals surface area (Å²) in [5, 5.41) is 0. The first-order valence-corrected chi connectivity index (χ1v) is 36.3. The van der Waals surface area contributed by atoms with Gasteiger partial charge in [0.15, 0.2) is 6.10 Å². The van der Waals surface area contributed by atoms with Crippen molar-refractivity contribution in [2.24, 2.45) is 0 Å². The highest BCUT2D eigenvalue weighted by Crippen LogP contribution is 2.38. The van der Waals surface area contributed by atoms with E-state index in [0.717, 1.165) is 83.5 Å². The molecule has 0 aromatic carbocycles. The summed E-state index contributed by atoms with van der Waals surface area (Å²) in [6.45, 7) is 4.17. The van der Waals surface area contributed by atoms with Gasteiger partial charge in [0.05, 0.1) is 27.7 Å². The Morgan fingerprint density at radius 1 is 0.386 bits per heavy atom. The van der Waals surface area contributed by atoms with Gasteiger partial charge in [-0.2, -0.15) is 0 Å². The second-order valence-electron chi connectivity index (χ2n) is 24.5. The number of hydrogen-bond donors (Lipinski definition) is 0. The van der Waals surface area contributed by atoms with Gasteiger partial charge in [-0.05, 0) is 70.6 Å². The number of rotatable bonds is 64. The molecule has 2 unspecified atom stereocenters. The van der Waals surface area contributed by atoms with Crippen LogP contribution < -0.4 is 4.89 Å². The Hall–Kier alpha value is -2.81. The molecule has 0 amide bonds. The second-order valence-corrected chi connectivity index (χ2v) is 25.9. The van der Waals surface area contributed by atoms with E-state index in [9.17, 15) is 19.0 Å². The van der Waals surface area contributed by atoms with E-state index in [-0.39, 0.29) is 32.0 Å². The van der Waals surface area contributed by atoms with Crippen LogP contribution in [0.5, 0.6) is 0 Å². The highest BCUT2D eigenvalue weighted by Gasteiger charge is 2.22. The summed E-state index contributed by atoms with van der Waals surface area (Å²) >= 11 is 0. The smallest absolute Gasteiger partial charge is 0.306 e. The number of likely N-dealkylation sites (N-methyl/N-ethyl adjacent to an activating group) is 1. The summed E-state index contributed by atoms with van der Waals surface area (Å²) < 4.78 is 34.3. The van der Waals surface area contributed by atoms with Crippen LogP contribution in [0, 0.1) is 0 Å². The standard InChI is InChI=1S/C73H132NO8P/c1-6-8-10-12-14-16-18-20-22-24-26-28-29-30-31-32-33-34-35-36-37-38-39-40-41-42-43-44-45-46-48-50-52-54-56-58-60-62-64-66-73(76)82-71(70-81-83(77,78)80-68-67-74(3,4)5)69-79-72(75)65-63-61-59-57-55-53-51-49-47-27-25-23-21-19-17-15-13-11-9-7-2/h8,10,14,16,20,22,26,28,30-31,33-34,36-37,71H,6-7,9,11-13,15,17-19,21,23-25,27,29,32,35,38-70H2,1-5H3/b10-8-,16-14-,22-20-,28-26-,31-30-,34-33-,37-36-. The van der Waals surface area contributed by atoms with Crippen LogP contribution in [0.4, 0.5) is 0 Å². The monoisotopic (exact) mass is 1180 g/mol. The molecule has 10 heteroatoms. The maximum absolute atomic E-state index is 12.9. The van der Waals surface area contributed by atoms with Gasteiger partial charge in [-0.15, -0.1) is 0 Å². The van der Waals surface area contributed by atoms with Gasteiger partial charge in [0.2, 0.25) is 0 Å². The lowest BCUT2D eigenvalue weighted by molar-refractivity contribution is -0.870. The van der Waals surface area contributed by atoms with E-state index in [0.29, 0.717) is 17.4 Å². The molecule has 83 heavy (non-hydrogen) atoms. The van der Waals surface area contributed by atoms with Crippen LogP contribution in [0.3, 0.4) is 0 Å². The zero-order valence-corrected chi connectivity index (χ0v) is 55.8. The number of quaternary nitrogens is 1. The van der Waals surface area contributed by atoms with Gasteiger partial charge in [0, 0.05) is 12.8 Å². The van der Waals surface area contributed by atoms with Gasteiger partial charge in [-0.3, -0.25) is 14.2 Å². The third-order valence-corrected chi connectivity index (χ3v) is 16.1. The van der Waals surface area contributed by atoms with E-state index in [2.05, 4.69) is 98.9 Å². The first-order valence-electron chi connectivity index (χ1n) is 34.8. The van der Waals surface area contributed by atoms with E-state index >= 15 is 0 Å². The topological polar surface area (TPSA) is 111 Å². The molecule has 0 saturated carbocycles. The lowest BCUT2D eigenvalue weighted by atomic mass is 10.0. The molecule has 0 aliphatic heterocycles. The van der Waals surface area contributed by atoms with Crippen LogP contribution in [0.2, 0.25) is 0 Å². The maximum atomic E-state index is 12.9. The number of phosphoric ester groups is 1. The van der Waals surface area contributed by atoms with Crippen LogP contribution in [0.15, 0.2) is 85.1 Å². The zero-order valence-electron chi connectivity index (χ0n) is 54.9. The van der Waals surface area contributed by atoms with Crippen molar-refractivity contribution < 1.29 is 42.1 Å². The number of hydrogen-bond acceptors (Lipinski definition) is 8. The number of esters is 2. The van der Waals surface area contributed by atoms with E-state index < -0.39 is 26.5 Å². The number of carbonyl (C=O) groups excluding carboxylic acids is 2. The molecule has 0 aliphatic rings. The van der Waals surface area contributed by atoms with Crippen molar-refractivity contribution in [2.45, 2.75) is 322 Å². The molecule has 0 radical (unpaired) electrons. The average Bonchev–Trinajstić information content (AvgIpc) is 3.48. The van der Waals surface area contributed by atoms with Gasteiger partial charge in [-0.1, -0.05) is 317 Å². The third-order valence-electron chi connectivity index (χ3n) is 15.2.